The highest BCUT2D eigenvalue weighted by Gasteiger charge is 2.14. The Kier molecular flexibility index (Phi) is 11.5. The molecule has 0 heterocycles. The van der Waals surface area contributed by atoms with E-state index in [1.54, 1.807) is 43.3 Å². The van der Waals surface area contributed by atoms with E-state index in [-0.39, 0.29) is 32.0 Å². The number of esters is 1. The highest BCUT2D eigenvalue weighted by Crippen LogP contribution is 2.36. The lowest BCUT2D eigenvalue weighted by Gasteiger charge is -2.14. The van der Waals surface area contributed by atoms with Crippen LogP contribution in [0.15, 0.2) is 46.0 Å². The van der Waals surface area contributed by atoms with Crippen molar-refractivity contribution in [2.24, 2.45) is 5.10 Å². The van der Waals surface area contributed by atoms with E-state index in [0.717, 1.165) is 0 Å². The summed E-state index contributed by atoms with van der Waals surface area (Å²) >= 11 is 3.40. The molecule has 188 valence electrons. The number of nitrogens with one attached hydrogen (secondary N) is 2. The van der Waals surface area contributed by atoms with Crippen molar-refractivity contribution in [1.82, 2.24) is 5.43 Å². The molecule has 0 aliphatic heterocycles. The van der Waals surface area contributed by atoms with Crippen LogP contribution in [0.5, 0.6) is 17.2 Å². The van der Waals surface area contributed by atoms with Crippen molar-refractivity contribution in [2.75, 3.05) is 32.2 Å². The Bertz CT molecular complexity index is 1060. The smallest absolute Gasteiger partial charge is 0.344 e. The number of benzene rings is 2. The summed E-state index contributed by atoms with van der Waals surface area (Å²) in [6.45, 7) is 3.89. The third-order valence-electron chi connectivity index (χ3n) is 4.33. The zero-order valence-corrected chi connectivity index (χ0v) is 21.3. The summed E-state index contributed by atoms with van der Waals surface area (Å²) in [6.07, 6.45) is 1.36. The van der Waals surface area contributed by atoms with E-state index in [9.17, 15) is 14.4 Å². The molecule has 10 nitrogen and oxygen atoms in total. The van der Waals surface area contributed by atoms with Gasteiger partial charge in [0.2, 0.25) is 11.8 Å². The first-order chi connectivity index (χ1) is 16.9. The number of nitrogens with zero attached hydrogens (tertiary/aromatic N) is 1. The van der Waals surface area contributed by atoms with Gasteiger partial charge in [0.1, 0.15) is 5.75 Å². The second-order valence-corrected chi connectivity index (χ2v) is 7.75. The summed E-state index contributed by atoms with van der Waals surface area (Å²) in [5.74, 6) is 0.0397. The van der Waals surface area contributed by atoms with Gasteiger partial charge in [0.15, 0.2) is 18.1 Å². The summed E-state index contributed by atoms with van der Waals surface area (Å²) < 4.78 is 21.7. The van der Waals surface area contributed by atoms with Crippen LogP contribution < -0.4 is 25.0 Å². The first-order valence-corrected chi connectivity index (χ1v) is 11.7. The van der Waals surface area contributed by atoms with Gasteiger partial charge in [-0.15, -0.1) is 0 Å². The summed E-state index contributed by atoms with van der Waals surface area (Å²) in [7, 11) is 1.51. The van der Waals surface area contributed by atoms with Crippen LogP contribution in [0.3, 0.4) is 0 Å². The number of methoxy groups -OCH3 is 1. The first kappa shape index (κ1) is 27.6. The number of amides is 2. The molecule has 0 unspecified atom stereocenters. The molecule has 0 fully saturated rings. The predicted molar refractivity (Wildman–Crippen MR) is 134 cm³/mol. The topological polar surface area (TPSA) is 125 Å². The maximum atomic E-state index is 12.1. The summed E-state index contributed by atoms with van der Waals surface area (Å²) in [4.78, 5) is 35.8. The minimum Gasteiger partial charge on any atom is -0.495 e. The number of hydrogen-bond acceptors (Lipinski definition) is 8. The van der Waals surface area contributed by atoms with Gasteiger partial charge in [-0.1, -0.05) is 12.1 Å². The van der Waals surface area contributed by atoms with Crippen LogP contribution in [-0.2, 0) is 19.1 Å². The SMILES string of the molecule is CCOC(=O)COc1c(Br)cc(C=NNC(=O)CCC(=O)Nc2ccccc2OC)cc1OCC. The van der Waals surface area contributed by atoms with Crippen molar-refractivity contribution in [3.8, 4) is 17.2 Å². The zero-order valence-electron chi connectivity index (χ0n) is 19.8. The number of carbonyl (C=O) groups is 3. The average Bonchev–Trinajstić information content (AvgIpc) is 2.83. The number of hydrogen-bond donors (Lipinski definition) is 2. The molecule has 11 heteroatoms. The number of rotatable bonds is 13. The van der Waals surface area contributed by atoms with Gasteiger partial charge in [0.05, 0.1) is 36.7 Å². The number of ether oxygens (including phenoxy) is 4. The van der Waals surface area contributed by atoms with Crippen LogP contribution in [0.25, 0.3) is 0 Å². The van der Waals surface area contributed by atoms with Gasteiger partial charge < -0.3 is 24.3 Å². The molecule has 2 N–H and O–H groups in total. The maximum absolute atomic E-state index is 12.1. The molecule has 0 aliphatic rings. The molecular formula is C24H28BrN3O7. The molecule has 0 aliphatic carbocycles. The van der Waals surface area contributed by atoms with Gasteiger partial charge in [-0.2, -0.15) is 5.10 Å². The van der Waals surface area contributed by atoms with Gasteiger partial charge in [-0.3, -0.25) is 9.59 Å². The van der Waals surface area contributed by atoms with Crippen LogP contribution >= 0.6 is 15.9 Å². The molecule has 0 atom stereocenters. The van der Waals surface area contributed by atoms with Crippen molar-refractivity contribution in [3.63, 3.8) is 0 Å². The van der Waals surface area contributed by atoms with Gasteiger partial charge in [0, 0.05) is 12.8 Å². The summed E-state index contributed by atoms with van der Waals surface area (Å²) in [5, 5.41) is 6.64. The van der Waals surface area contributed by atoms with Crippen molar-refractivity contribution in [3.05, 3.63) is 46.4 Å². The number of anilines is 1. The van der Waals surface area contributed by atoms with E-state index in [1.807, 2.05) is 6.92 Å². The predicted octanol–water partition coefficient (Wildman–Crippen LogP) is 3.67. The minimum atomic E-state index is -0.494. The average molecular weight is 550 g/mol. The van der Waals surface area contributed by atoms with Crippen LogP contribution in [-0.4, -0.2) is 50.9 Å². The molecule has 35 heavy (non-hydrogen) atoms. The van der Waals surface area contributed by atoms with E-state index in [0.29, 0.717) is 39.6 Å². The second-order valence-electron chi connectivity index (χ2n) is 6.90. The highest BCUT2D eigenvalue weighted by molar-refractivity contribution is 9.10. The lowest BCUT2D eigenvalue weighted by molar-refractivity contribution is -0.145. The Labute approximate surface area is 212 Å². The molecule has 0 spiro atoms. The Balaban J connectivity index is 1.91. The molecular weight excluding hydrogens is 522 g/mol. The van der Waals surface area contributed by atoms with Crippen LogP contribution in [0.1, 0.15) is 32.3 Å². The minimum absolute atomic E-state index is 0.0219. The van der Waals surface area contributed by atoms with Crippen molar-refractivity contribution in [2.45, 2.75) is 26.7 Å². The molecule has 2 aromatic rings. The Morgan fingerprint density at radius 2 is 1.74 bits per heavy atom. The molecule has 0 radical (unpaired) electrons. The fourth-order valence-electron chi connectivity index (χ4n) is 2.82. The fraction of sp³-hybridized carbons (Fsp3) is 0.333. The standard InChI is InChI=1S/C24H28BrN3O7/c1-4-33-20-13-16(12-17(25)24(20)35-15-23(31)34-5-2)14-26-28-22(30)11-10-21(29)27-18-8-6-7-9-19(18)32-3/h6-9,12-14H,4-5,10-11,15H2,1-3H3,(H,27,29)(H,28,30). The Morgan fingerprint density at radius 1 is 1.00 bits per heavy atom. The fourth-order valence-corrected chi connectivity index (χ4v) is 3.40. The van der Waals surface area contributed by atoms with Gasteiger partial charge in [-0.25, -0.2) is 10.2 Å². The monoisotopic (exact) mass is 549 g/mol. The summed E-state index contributed by atoms with van der Waals surface area (Å²) in [5.41, 5.74) is 3.53. The second kappa shape index (κ2) is 14.6. The van der Waals surface area contributed by atoms with Gasteiger partial charge >= 0.3 is 5.97 Å². The molecule has 0 saturated carbocycles. The van der Waals surface area contributed by atoms with E-state index >= 15 is 0 Å². The van der Waals surface area contributed by atoms with Gasteiger partial charge in [0.25, 0.3) is 0 Å². The van der Waals surface area contributed by atoms with Crippen molar-refractivity contribution < 1.29 is 33.3 Å². The lowest BCUT2D eigenvalue weighted by Crippen LogP contribution is -2.20. The normalized spacial score (nSPS) is 10.5. The van der Waals surface area contributed by atoms with E-state index in [1.165, 1.54) is 13.3 Å². The lowest BCUT2D eigenvalue weighted by atomic mass is 10.2. The molecule has 2 rings (SSSR count). The number of carbonyl (C=O) groups excluding carboxylic acids is 3. The van der Waals surface area contributed by atoms with E-state index in [4.69, 9.17) is 18.9 Å². The maximum Gasteiger partial charge on any atom is 0.344 e. The van der Waals surface area contributed by atoms with Crippen molar-refractivity contribution >= 4 is 45.6 Å². The molecule has 0 aromatic heterocycles. The summed E-state index contributed by atoms with van der Waals surface area (Å²) in [6, 6.07) is 10.4. The van der Waals surface area contributed by atoms with Crippen LogP contribution in [0.2, 0.25) is 0 Å². The Hall–Kier alpha value is -3.60. The number of halogens is 1. The largest absolute Gasteiger partial charge is 0.495 e. The third-order valence-corrected chi connectivity index (χ3v) is 4.92. The van der Waals surface area contributed by atoms with E-state index in [2.05, 4.69) is 31.8 Å². The Morgan fingerprint density at radius 3 is 2.46 bits per heavy atom. The quantitative estimate of drug-likeness (QED) is 0.222. The number of hydrazone groups is 1. The third kappa shape index (κ3) is 9.28. The molecule has 2 aromatic carbocycles. The van der Waals surface area contributed by atoms with Crippen LogP contribution in [0, 0.1) is 0 Å². The molecule has 2 amide bonds. The van der Waals surface area contributed by atoms with Crippen molar-refractivity contribution in [1.29, 1.82) is 0 Å². The molecule has 0 saturated heterocycles. The van der Waals surface area contributed by atoms with Gasteiger partial charge in [-0.05, 0) is 59.6 Å². The molecule has 0 bridgehead atoms. The van der Waals surface area contributed by atoms with Crippen LogP contribution in [0.4, 0.5) is 5.69 Å². The highest BCUT2D eigenvalue weighted by atomic mass is 79.9. The first-order valence-electron chi connectivity index (χ1n) is 10.9. The number of para-hydroxylation sites is 2. The zero-order chi connectivity index (χ0) is 25.6. The van der Waals surface area contributed by atoms with E-state index < -0.39 is 11.9 Å².